The number of ether oxygens (including phenoxy) is 3. The van der Waals surface area contributed by atoms with Gasteiger partial charge in [0.1, 0.15) is 48.8 Å². The lowest BCUT2D eigenvalue weighted by molar-refractivity contribution is -0.341. The Labute approximate surface area is 148 Å². The molecule has 2 aliphatic heterocycles. The Morgan fingerprint density at radius 2 is 1.50 bits per heavy atom. The quantitative estimate of drug-likeness (QED) is 0.226. The van der Waals surface area contributed by atoms with Crippen molar-refractivity contribution in [1.82, 2.24) is 5.32 Å². The molecule has 0 radical (unpaired) electrons. The van der Waals surface area contributed by atoms with Gasteiger partial charge in [0.2, 0.25) is 5.91 Å². The molecule has 0 aromatic heterocycles. The predicted octanol–water partition coefficient (Wildman–Crippen LogP) is -5.25. The van der Waals surface area contributed by atoms with Crippen molar-refractivity contribution < 1.29 is 54.8 Å². The highest BCUT2D eigenvalue weighted by atomic mass is 16.7. The Bertz CT molecular complexity index is 478. The molecule has 0 aliphatic carbocycles. The molecule has 10 atom stereocenters. The Hall–Kier alpha value is -0.930. The van der Waals surface area contributed by atoms with E-state index < -0.39 is 80.5 Å². The van der Waals surface area contributed by atoms with E-state index in [-0.39, 0.29) is 0 Å². The summed E-state index contributed by atoms with van der Waals surface area (Å²) in [7, 11) is 0. The third-order valence-electron chi connectivity index (χ3n) is 4.38. The van der Waals surface area contributed by atoms with Crippen LogP contribution in [-0.4, -0.2) is 116 Å². The van der Waals surface area contributed by atoms with Gasteiger partial charge in [-0.2, -0.15) is 0 Å². The van der Waals surface area contributed by atoms with E-state index in [0.29, 0.717) is 0 Å². The van der Waals surface area contributed by atoms with Crippen molar-refractivity contribution in [2.75, 3.05) is 13.2 Å². The molecule has 2 heterocycles. The summed E-state index contributed by atoms with van der Waals surface area (Å²) in [6, 6.07) is -1.28. The van der Waals surface area contributed by atoms with E-state index in [1.54, 1.807) is 0 Å². The molecule has 0 bridgehead atoms. The molecule has 2 fully saturated rings. The molecule has 2 saturated heterocycles. The summed E-state index contributed by atoms with van der Waals surface area (Å²) in [6.07, 6.45) is -13.7. The van der Waals surface area contributed by atoms with Gasteiger partial charge in [-0.15, -0.1) is 0 Å². The molecule has 0 aromatic carbocycles. The van der Waals surface area contributed by atoms with Gasteiger partial charge in [-0.3, -0.25) is 4.79 Å². The maximum Gasteiger partial charge on any atom is 0.217 e. The van der Waals surface area contributed by atoms with Crippen LogP contribution in [0.1, 0.15) is 6.92 Å². The minimum Gasteiger partial charge on any atom is -0.394 e. The van der Waals surface area contributed by atoms with E-state index in [4.69, 9.17) is 14.2 Å². The fraction of sp³-hybridized carbons (Fsp3) is 0.929. The number of rotatable bonds is 5. The minimum absolute atomic E-state index is 0.574. The normalized spacial score (nSPS) is 46.8. The van der Waals surface area contributed by atoms with Crippen LogP contribution in [0.3, 0.4) is 0 Å². The number of carbonyl (C=O) groups excluding carboxylic acids is 1. The number of nitrogens with one attached hydrogen (secondary N) is 1. The zero-order chi connectivity index (χ0) is 19.6. The molecule has 12 nitrogen and oxygen atoms in total. The molecule has 2 aliphatic rings. The molecule has 152 valence electrons. The zero-order valence-electron chi connectivity index (χ0n) is 14.0. The number of amides is 1. The molecule has 0 aromatic rings. The molecule has 1 amide bonds. The van der Waals surface area contributed by atoms with Crippen LogP contribution in [-0.2, 0) is 19.0 Å². The summed E-state index contributed by atoms with van der Waals surface area (Å²) in [5.74, 6) is -0.574. The SMILES string of the molecule is CC(=O)NC1C(O[C@@H]2OC(CO)[C@H](O)[C@H](O)C2O)[C@@H](O)C(CO)O[C@H]1O. The van der Waals surface area contributed by atoms with Crippen molar-refractivity contribution in [3.05, 3.63) is 0 Å². The second-order valence-electron chi connectivity index (χ2n) is 6.26. The van der Waals surface area contributed by atoms with E-state index in [1.165, 1.54) is 0 Å². The molecule has 2 rings (SSSR count). The van der Waals surface area contributed by atoms with Crippen LogP contribution in [0.15, 0.2) is 0 Å². The lowest BCUT2D eigenvalue weighted by Crippen LogP contribution is -2.67. The van der Waals surface area contributed by atoms with Crippen LogP contribution in [0.25, 0.3) is 0 Å². The molecule has 12 heteroatoms. The van der Waals surface area contributed by atoms with Crippen LogP contribution in [0.5, 0.6) is 0 Å². The van der Waals surface area contributed by atoms with Gasteiger partial charge in [-0.1, -0.05) is 0 Å². The van der Waals surface area contributed by atoms with Crippen molar-refractivity contribution in [1.29, 1.82) is 0 Å². The van der Waals surface area contributed by atoms with Gasteiger partial charge in [0.25, 0.3) is 0 Å². The fourth-order valence-corrected chi connectivity index (χ4v) is 2.97. The van der Waals surface area contributed by atoms with Gasteiger partial charge >= 0.3 is 0 Å². The number of carbonyl (C=O) groups is 1. The lowest BCUT2D eigenvalue weighted by Gasteiger charge is -2.46. The average molecular weight is 383 g/mol. The highest BCUT2D eigenvalue weighted by molar-refractivity contribution is 5.73. The smallest absolute Gasteiger partial charge is 0.217 e. The number of aliphatic hydroxyl groups is 7. The number of hydrogen-bond acceptors (Lipinski definition) is 11. The van der Waals surface area contributed by atoms with Crippen molar-refractivity contribution in [3.8, 4) is 0 Å². The summed E-state index contributed by atoms with van der Waals surface area (Å²) in [6.45, 7) is -0.195. The summed E-state index contributed by atoms with van der Waals surface area (Å²) >= 11 is 0. The summed E-state index contributed by atoms with van der Waals surface area (Å²) in [4.78, 5) is 11.4. The first kappa shape index (κ1) is 21.4. The molecule has 5 unspecified atom stereocenters. The van der Waals surface area contributed by atoms with E-state index in [9.17, 15) is 40.5 Å². The third-order valence-corrected chi connectivity index (χ3v) is 4.38. The molecule has 26 heavy (non-hydrogen) atoms. The first-order valence-corrected chi connectivity index (χ1v) is 8.06. The Kier molecular flexibility index (Phi) is 7.27. The second-order valence-corrected chi connectivity index (χ2v) is 6.26. The lowest BCUT2D eigenvalue weighted by atomic mass is 9.95. The van der Waals surface area contributed by atoms with Gasteiger partial charge in [-0.05, 0) is 0 Å². The van der Waals surface area contributed by atoms with Crippen LogP contribution in [0.4, 0.5) is 0 Å². The summed E-state index contributed by atoms with van der Waals surface area (Å²) < 4.78 is 15.7. The van der Waals surface area contributed by atoms with Crippen molar-refractivity contribution in [2.45, 2.75) is 68.3 Å². The maximum atomic E-state index is 11.4. The molecule has 8 N–H and O–H groups in total. The van der Waals surface area contributed by atoms with Crippen LogP contribution >= 0.6 is 0 Å². The van der Waals surface area contributed by atoms with E-state index in [0.717, 1.165) is 6.92 Å². The minimum atomic E-state index is -1.74. The molecule has 0 saturated carbocycles. The van der Waals surface area contributed by atoms with Crippen molar-refractivity contribution >= 4 is 5.91 Å². The van der Waals surface area contributed by atoms with E-state index in [2.05, 4.69) is 5.32 Å². The Morgan fingerprint density at radius 1 is 0.923 bits per heavy atom. The number of hydrogen-bond donors (Lipinski definition) is 8. The van der Waals surface area contributed by atoms with Crippen LogP contribution in [0, 0.1) is 0 Å². The van der Waals surface area contributed by atoms with Crippen LogP contribution in [0.2, 0.25) is 0 Å². The topological polar surface area (TPSA) is 198 Å². The van der Waals surface area contributed by atoms with Gasteiger partial charge in [-0.25, -0.2) is 0 Å². The van der Waals surface area contributed by atoms with E-state index in [1.807, 2.05) is 0 Å². The first-order valence-electron chi connectivity index (χ1n) is 8.06. The van der Waals surface area contributed by atoms with Gasteiger partial charge < -0.3 is 55.3 Å². The van der Waals surface area contributed by atoms with Crippen molar-refractivity contribution in [3.63, 3.8) is 0 Å². The highest BCUT2D eigenvalue weighted by Crippen LogP contribution is 2.28. The van der Waals surface area contributed by atoms with E-state index >= 15 is 0 Å². The van der Waals surface area contributed by atoms with Crippen molar-refractivity contribution in [2.24, 2.45) is 0 Å². The summed E-state index contributed by atoms with van der Waals surface area (Å²) in [5.41, 5.74) is 0. The largest absolute Gasteiger partial charge is 0.394 e. The van der Waals surface area contributed by atoms with Gasteiger partial charge in [0.05, 0.1) is 13.2 Å². The van der Waals surface area contributed by atoms with Gasteiger partial charge in [0, 0.05) is 6.92 Å². The molecular weight excluding hydrogens is 358 g/mol. The highest BCUT2D eigenvalue weighted by Gasteiger charge is 2.50. The number of aliphatic hydroxyl groups excluding tert-OH is 7. The monoisotopic (exact) mass is 383 g/mol. The standard InChI is InChI=1S/C14H25NO11/c1-4(18)15-7-12(9(20)6(3-17)24-13(7)23)26-14-11(22)10(21)8(19)5(2-16)25-14/h5-14,16-17,19-23H,2-3H2,1H3,(H,15,18)/t5?,6?,7?,8-,9-,10-,11?,12?,13+,14-/m0/s1. The molecule has 0 spiro atoms. The zero-order valence-corrected chi connectivity index (χ0v) is 14.0. The first-order chi connectivity index (χ1) is 12.2. The molecular formula is C14H25NO11. The fourth-order valence-electron chi connectivity index (χ4n) is 2.97. The average Bonchev–Trinajstić information content (AvgIpc) is 2.60. The third kappa shape index (κ3) is 4.31. The predicted molar refractivity (Wildman–Crippen MR) is 80.2 cm³/mol. The maximum absolute atomic E-state index is 11.4. The van der Waals surface area contributed by atoms with Crippen LogP contribution < -0.4 is 5.32 Å². The van der Waals surface area contributed by atoms with Gasteiger partial charge in [0.15, 0.2) is 12.6 Å². The summed E-state index contributed by atoms with van der Waals surface area (Å²) in [5, 5.41) is 70.7. The second kappa shape index (κ2) is 8.84. The Morgan fingerprint density at radius 3 is 2.04 bits per heavy atom. The Balaban J connectivity index is 2.21.